The Balaban J connectivity index is 3.20. The fourth-order valence-electron chi connectivity index (χ4n) is 1.85. The summed E-state index contributed by atoms with van der Waals surface area (Å²) >= 11 is 1.62. The number of aliphatic hydroxyl groups excluding tert-OH is 1. The van der Waals surface area contributed by atoms with Gasteiger partial charge in [0.1, 0.15) is 0 Å². The van der Waals surface area contributed by atoms with Crippen molar-refractivity contribution in [3.8, 4) is 0 Å². The molecule has 0 aromatic heterocycles. The number of hydrogen-bond donors (Lipinski definition) is 1. The molecule has 0 saturated heterocycles. The van der Waals surface area contributed by atoms with Gasteiger partial charge in [-0.3, -0.25) is 0 Å². The van der Waals surface area contributed by atoms with Gasteiger partial charge in [0.15, 0.2) is 0 Å². The number of aliphatic hydroxyl groups is 1. The van der Waals surface area contributed by atoms with Crippen molar-refractivity contribution >= 4 is 21.8 Å². The standard InChI is InChI=1S/C13H21NO3S2/c1-10(9-18-4)14(3)19(16,17)13-7-5-6-12(8-15)11(13)2/h5-7,10,15H,8-9H2,1-4H3. The van der Waals surface area contributed by atoms with E-state index in [1.807, 2.05) is 13.2 Å². The normalized spacial score (nSPS) is 13.8. The molecule has 0 saturated carbocycles. The molecule has 1 unspecified atom stereocenters. The predicted octanol–water partition coefficient (Wildman–Crippen LogP) is 1.86. The molecule has 0 aliphatic carbocycles. The van der Waals surface area contributed by atoms with E-state index in [-0.39, 0.29) is 17.5 Å². The zero-order valence-corrected chi connectivity index (χ0v) is 13.4. The van der Waals surface area contributed by atoms with Crippen LogP contribution in [0.1, 0.15) is 18.1 Å². The third-order valence-electron chi connectivity index (χ3n) is 3.25. The molecule has 6 heteroatoms. The van der Waals surface area contributed by atoms with Crippen molar-refractivity contribution in [3.63, 3.8) is 0 Å². The van der Waals surface area contributed by atoms with Crippen LogP contribution in [0.4, 0.5) is 0 Å². The van der Waals surface area contributed by atoms with Gasteiger partial charge in [0.2, 0.25) is 10.0 Å². The summed E-state index contributed by atoms with van der Waals surface area (Å²) in [6.07, 6.45) is 1.95. The topological polar surface area (TPSA) is 57.6 Å². The van der Waals surface area contributed by atoms with Crippen molar-refractivity contribution in [1.82, 2.24) is 4.31 Å². The van der Waals surface area contributed by atoms with E-state index in [1.54, 1.807) is 43.9 Å². The second-order valence-corrected chi connectivity index (χ2v) is 7.40. The van der Waals surface area contributed by atoms with E-state index in [4.69, 9.17) is 0 Å². The summed E-state index contributed by atoms with van der Waals surface area (Å²) in [5, 5.41) is 9.23. The first kappa shape index (κ1) is 16.5. The van der Waals surface area contributed by atoms with E-state index in [0.717, 1.165) is 5.75 Å². The summed E-state index contributed by atoms with van der Waals surface area (Å²) in [5.74, 6) is 0.745. The minimum Gasteiger partial charge on any atom is -0.392 e. The van der Waals surface area contributed by atoms with E-state index >= 15 is 0 Å². The molecule has 1 aromatic carbocycles. The molecule has 0 amide bonds. The smallest absolute Gasteiger partial charge is 0.243 e. The number of thioether (sulfide) groups is 1. The lowest BCUT2D eigenvalue weighted by Gasteiger charge is -2.25. The lowest BCUT2D eigenvalue weighted by atomic mass is 10.1. The molecule has 1 N–H and O–H groups in total. The molecule has 108 valence electrons. The molecule has 0 aliphatic rings. The third-order valence-corrected chi connectivity index (χ3v) is 6.18. The van der Waals surface area contributed by atoms with E-state index in [9.17, 15) is 13.5 Å². The van der Waals surface area contributed by atoms with Gasteiger partial charge < -0.3 is 5.11 Å². The van der Waals surface area contributed by atoms with Gasteiger partial charge in [0, 0.05) is 18.8 Å². The first-order chi connectivity index (χ1) is 8.86. The van der Waals surface area contributed by atoms with E-state index in [0.29, 0.717) is 11.1 Å². The van der Waals surface area contributed by atoms with E-state index < -0.39 is 10.0 Å². The molecular formula is C13H21NO3S2. The largest absolute Gasteiger partial charge is 0.392 e. The van der Waals surface area contributed by atoms with Crippen molar-refractivity contribution in [2.75, 3.05) is 19.1 Å². The lowest BCUT2D eigenvalue weighted by molar-refractivity contribution is 0.280. The van der Waals surface area contributed by atoms with Gasteiger partial charge in [-0.2, -0.15) is 16.1 Å². The number of benzene rings is 1. The predicted molar refractivity (Wildman–Crippen MR) is 79.9 cm³/mol. The van der Waals surface area contributed by atoms with Crippen LogP contribution in [0, 0.1) is 6.92 Å². The molecule has 4 nitrogen and oxygen atoms in total. The molecule has 0 aliphatic heterocycles. The highest BCUT2D eigenvalue weighted by Crippen LogP contribution is 2.23. The van der Waals surface area contributed by atoms with Crippen LogP contribution in [0.25, 0.3) is 0 Å². The van der Waals surface area contributed by atoms with Crippen molar-refractivity contribution in [3.05, 3.63) is 29.3 Å². The third kappa shape index (κ3) is 3.51. The number of nitrogens with zero attached hydrogens (tertiary/aromatic N) is 1. The minimum absolute atomic E-state index is 0.0721. The van der Waals surface area contributed by atoms with Crippen molar-refractivity contribution < 1.29 is 13.5 Å². The highest BCUT2D eigenvalue weighted by Gasteiger charge is 2.27. The average Bonchev–Trinajstić information content (AvgIpc) is 2.38. The average molecular weight is 303 g/mol. The molecule has 0 heterocycles. The van der Waals surface area contributed by atoms with Crippen LogP contribution in [0.15, 0.2) is 23.1 Å². The summed E-state index contributed by atoms with van der Waals surface area (Å²) in [7, 11) is -1.92. The number of hydrogen-bond acceptors (Lipinski definition) is 4. The zero-order valence-electron chi connectivity index (χ0n) is 11.8. The summed E-state index contributed by atoms with van der Waals surface area (Å²) < 4.78 is 26.5. The molecule has 0 radical (unpaired) electrons. The van der Waals surface area contributed by atoms with E-state index in [1.165, 1.54) is 4.31 Å². The van der Waals surface area contributed by atoms with E-state index in [2.05, 4.69) is 0 Å². The SMILES string of the molecule is CSCC(C)N(C)S(=O)(=O)c1cccc(CO)c1C. The second-order valence-electron chi connectivity index (χ2n) is 4.52. The Bertz CT molecular complexity index is 529. The Hall–Kier alpha value is -0.560. The maximum absolute atomic E-state index is 12.6. The van der Waals surface area contributed by atoms with Crippen molar-refractivity contribution in [2.45, 2.75) is 31.4 Å². The summed E-state index contributed by atoms with van der Waals surface area (Å²) in [6.45, 7) is 3.46. The maximum atomic E-state index is 12.6. The van der Waals surface area contributed by atoms with Gasteiger partial charge in [0.05, 0.1) is 11.5 Å². The molecule has 0 spiro atoms. The van der Waals surface area contributed by atoms with Crippen LogP contribution in [-0.2, 0) is 16.6 Å². The first-order valence-electron chi connectivity index (χ1n) is 6.02. The Morgan fingerprint density at radius 2 is 2.05 bits per heavy atom. The number of rotatable bonds is 6. The van der Waals surface area contributed by atoms with Gasteiger partial charge in [-0.1, -0.05) is 12.1 Å². The van der Waals surface area contributed by atoms with Crippen LogP contribution >= 0.6 is 11.8 Å². The van der Waals surface area contributed by atoms with Crippen LogP contribution in [0.2, 0.25) is 0 Å². The molecule has 0 fully saturated rings. The molecule has 19 heavy (non-hydrogen) atoms. The summed E-state index contributed by atoms with van der Waals surface area (Å²) in [5.41, 5.74) is 1.26. The van der Waals surface area contributed by atoms with Gasteiger partial charge in [-0.25, -0.2) is 8.42 Å². The fourth-order valence-corrected chi connectivity index (χ4v) is 4.28. The van der Waals surface area contributed by atoms with Crippen molar-refractivity contribution in [1.29, 1.82) is 0 Å². The van der Waals surface area contributed by atoms with Crippen LogP contribution in [0.5, 0.6) is 0 Å². The summed E-state index contributed by atoms with van der Waals surface area (Å²) in [6, 6.07) is 4.92. The number of sulfonamides is 1. The summed E-state index contributed by atoms with van der Waals surface area (Å²) in [4.78, 5) is 0.273. The highest BCUT2D eigenvalue weighted by atomic mass is 32.2. The zero-order chi connectivity index (χ0) is 14.6. The Labute approximate surface area is 119 Å². The minimum atomic E-state index is -3.51. The van der Waals surface area contributed by atoms with Crippen LogP contribution < -0.4 is 0 Å². The lowest BCUT2D eigenvalue weighted by Crippen LogP contribution is -2.37. The molecule has 1 aromatic rings. The van der Waals surface area contributed by atoms with Crippen LogP contribution in [-0.4, -0.2) is 42.9 Å². The van der Waals surface area contributed by atoms with Gasteiger partial charge in [-0.15, -0.1) is 0 Å². The monoisotopic (exact) mass is 303 g/mol. The van der Waals surface area contributed by atoms with Crippen molar-refractivity contribution in [2.24, 2.45) is 0 Å². The fraction of sp³-hybridized carbons (Fsp3) is 0.538. The Morgan fingerprint density at radius 1 is 1.42 bits per heavy atom. The Morgan fingerprint density at radius 3 is 2.58 bits per heavy atom. The molecule has 0 bridgehead atoms. The molecule has 1 atom stereocenters. The molecular weight excluding hydrogens is 282 g/mol. The van der Waals surface area contributed by atoms with Gasteiger partial charge in [0.25, 0.3) is 0 Å². The highest BCUT2D eigenvalue weighted by molar-refractivity contribution is 7.98. The Kier molecular flexibility index (Phi) is 5.85. The maximum Gasteiger partial charge on any atom is 0.243 e. The van der Waals surface area contributed by atoms with Crippen LogP contribution in [0.3, 0.4) is 0 Å². The second kappa shape index (κ2) is 6.74. The van der Waals surface area contributed by atoms with Gasteiger partial charge in [-0.05, 0) is 37.3 Å². The quantitative estimate of drug-likeness (QED) is 0.871. The van der Waals surface area contributed by atoms with Gasteiger partial charge >= 0.3 is 0 Å². The first-order valence-corrected chi connectivity index (χ1v) is 8.86. The molecule has 1 rings (SSSR count).